The predicted octanol–water partition coefficient (Wildman–Crippen LogP) is 4.92. The minimum absolute atomic E-state index is 0.120. The summed E-state index contributed by atoms with van der Waals surface area (Å²) in [5.74, 6) is 0.605. The molecule has 2 aliphatic heterocycles. The SMILES string of the molecule is C[C@@H](C[C@H]1Cc2cc(F)ccc2Cc2ccccc21)CN1CCC2(CC1)OCCO2. The third-order valence-corrected chi connectivity index (χ3v) is 7.20. The summed E-state index contributed by atoms with van der Waals surface area (Å²) in [6, 6.07) is 14.1. The average Bonchev–Trinajstić information content (AvgIpc) is 3.13. The van der Waals surface area contributed by atoms with Gasteiger partial charge in [-0.3, -0.25) is 0 Å². The molecule has 0 aromatic heterocycles. The molecule has 2 aromatic carbocycles. The van der Waals surface area contributed by atoms with Crippen LogP contribution in [0.3, 0.4) is 0 Å². The number of hydrogen-bond acceptors (Lipinski definition) is 3. The smallest absolute Gasteiger partial charge is 0.170 e. The van der Waals surface area contributed by atoms with Crippen molar-refractivity contribution in [2.45, 2.75) is 50.7 Å². The van der Waals surface area contributed by atoms with E-state index in [1.165, 1.54) is 22.3 Å². The number of nitrogens with zero attached hydrogens (tertiary/aromatic N) is 1. The molecule has 3 aliphatic rings. The topological polar surface area (TPSA) is 21.7 Å². The molecule has 2 fully saturated rings. The van der Waals surface area contributed by atoms with Gasteiger partial charge in [-0.15, -0.1) is 0 Å². The van der Waals surface area contributed by atoms with Crippen LogP contribution in [0.5, 0.6) is 0 Å². The van der Waals surface area contributed by atoms with E-state index in [1.54, 1.807) is 12.1 Å². The fraction of sp³-hybridized carbons (Fsp3) is 0.538. The lowest BCUT2D eigenvalue weighted by atomic mass is 9.84. The van der Waals surface area contributed by atoms with Crippen LogP contribution in [0.25, 0.3) is 0 Å². The molecule has 1 spiro atoms. The van der Waals surface area contributed by atoms with E-state index >= 15 is 0 Å². The number of halogens is 1. The van der Waals surface area contributed by atoms with Crippen LogP contribution >= 0.6 is 0 Å². The second-order valence-corrected chi connectivity index (χ2v) is 9.44. The van der Waals surface area contributed by atoms with Crippen molar-refractivity contribution in [2.75, 3.05) is 32.8 Å². The highest BCUT2D eigenvalue weighted by Gasteiger charge is 2.39. The maximum atomic E-state index is 14.0. The standard InChI is InChI=1S/C26H32FNO2/c1-19(18-28-10-8-26(9-11-28)29-12-13-30-26)14-23-16-22-17-24(27)7-6-20(22)15-21-4-2-3-5-25(21)23/h2-7,17,19,23H,8-16,18H2,1H3/t19-,23-/m0/s1. The molecule has 160 valence electrons. The number of piperidine rings is 1. The lowest BCUT2D eigenvalue weighted by Crippen LogP contribution is -2.46. The first-order valence-electron chi connectivity index (χ1n) is 11.5. The summed E-state index contributed by atoms with van der Waals surface area (Å²) in [5, 5.41) is 0. The molecule has 2 atom stereocenters. The van der Waals surface area contributed by atoms with Gasteiger partial charge in [0.15, 0.2) is 5.79 Å². The average molecular weight is 410 g/mol. The van der Waals surface area contributed by atoms with Crippen LogP contribution in [-0.4, -0.2) is 43.5 Å². The number of ether oxygens (including phenoxy) is 2. The molecule has 0 radical (unpaired) electrons. The van der Waals surface area contributed by atoms with Crippen molar-refractivity contribution in [3.63, 3.8) is 0 Å². The summed E-state index contributed by atoms with van der Waals surface area (Å²) in [6.45, 7) is 7.02. The monoisotopic (exact) mass is 409 g/mol. The van der Waals surface area contributed by atoms with Gasteiger partial charge in [-0.05, 0) is 65.5 Å². The largest absolute Gasteiger partial charge is 0.347 e. The molecule has 30 heavy (non-hydrogen) atoms. The number of hydrogen-bond donors (Lipinski definition) is 0. The van der Waals surface area contributed by atoms with Gasteiger partial charge in [-0.25, -0.2) is 4.39 Å². The zero-order chi connectivity index (χ0) is 20.6. The normalized spacial score (nSPS) is 24.3. The molecule has 0 bridgehead atoms. The van der Waals surface area contributed by atoms with Gasteiger partial charge >= 0.3 is 0 Å². The van der Waals surface area contributed by atoms with E-state index in [9.17, 15) is 4.39 Å². The summed E-state index contributed by atoms with van der Waals surface area (Å²) < 4.78 is 25.7. The highest BCUT2D eigenvalue weighted by atomic mass is 19.1. The Balaban J connectivity index is 1.27. The van der Waals surface area contributed by atoms with Crippen LogP contribution in [0.15, 0.2) is 42.5 Å². The van der Waals surface area contributed by atoms with E-state index < -0.39 is 0 Å². The highest BCUT2D eigenvalue weighted by molar-refractivity contribution is 5.42. The maximum absolute atomic E-state index is 14.0. The predicted molar refractivity (Wildman–Crippen MR) is 116 cm³/mol. The van der Waals surface area contributed by atoms with Crippen molar-refractivity contribution < 1.29 is 13.9 Å². The highest BCUT2D eigenvalue weighted by Crippen LogP contribution is 2.37. The molecule has 4 heteroatoms. The summed E-state index contributed by atoms with van der Waals surface area (Å²) in [5.41, 5.74) is 5.30. The molecule has 0 N–H and O–H groups in total. The molecule has 1 aliphatic carbocycles. The van der Waals surface area contributed by atoms with E-state index in [-0.39, 0.29) is 11.6 Å². The Hall–Kier alpha value is -1.75. The number of benzene rings is 2. The van der Waals surface area contributed by atoms with Crippen molar-refractivity contribution in [1.29, 1.82) is 0 Å². The second-order valence-electron chi connectivity index (χ2n) is 9.44. The zero-order valence-electron chi connectivity index (χ0n) is 17.9. The van der Waals surface area contributed by atoms with Crippen LogP contribution in [-0.2, 0) is 22.3 Å². The minimum Gasteiger partial charge on any atom is -0.347 e. The summed E-state index contributed by atoms with van der Waals surface area (Å²) >= 11 is 0. The quantitative estimate of drug-likeness (QED) is 0.715. The fourth-order valence-corrected chi connectivity index (χ4v) is 5.70. The van der Waals surface area contributed by atoms with Gasteiger partial charge in [0, 0.05) is 32.5 Å². The van der Waals surface area contributed by atoms with Gasteiger partial charge in [-0.1, -0.05) is 37.3 Å². The van der Waals surface area contributed by atoms with Crippen LogP contribution in [0.4, 0.5) is 4.39 Å². The van der Waals surface area contributed by atoms with Crippen molar-refractivity contribution in [3.8, 4) is 0 Å². The number of fused-ring (bicyclic) bond motifs is 2. The van der Waals surface area contributed by atoms with Gasteiger partial charge in [0.1, 0.15) is 5.82 Å². The van der Waals surface area contributed by atoms with Crippen molar-refractivity contribution in [2.24, 2.45) is 5.92 Å². The Morgan fingerprint density at radius 2 is 1.80 bits per heavy atom. The van der Waals surface area contributed by atoms with Crippen LogP contribution < -0.4 is 0 Å². The zero-order valence-corrected chi connectivity index (χ0v) is 17.9. The molecule has 5 rings (SSSR count). The van der Waals surface area contributed by atoms with E-state index in [4.69, 9.17) is 9.47 Å². The first-order chi connectivity index (χ1) is 14.6. The summed E-state index contributed by atoms with van der Waals surface area (Å²) in [4.78, 5) is 2.57. The Labute approximate surface area is 179 Å². The third kappa shape index (κ3) is 4.18. The maximum Gasteiger partial charge on any atom is 0.170 e. The van der Waals surface area contributed by atoms with Crippen LogP contribution in [0.2, 0.25) is 0 Å². The third-order valence-electron chi connectivity index (χ3n) is 7.20. The molecule has 2 aromatic rings. The first-order valence-corrected chi connectivity index (χ1v) is 11.5. The number of rotatable bonds is 4. The molecular weight excluding hydrogens is 377 g/mol. The van der Waals surface area contributed by atoms with Crippen molar-refractivity contribution in [1.82, 2.24) is 4.90 Å². The molecule has 0 unspecified atom stereocenters. The van der Waals surface area contributed by atoms with E-state index in [1.807, 2.05) is 6.07 Å². The van der Waals surface area contributed by atoms with Crippen LogP contribution in [0, 0.1) is 11.7 Å². The van der Waals surface area contributed by atoms with Gasteiger partial charge in [-0.2, -0.15) is 0 Å². The molecule has 0 amide bonds. The van der Waals surface area contributed by atoms with E-state index in [0.717, 1.165) is 65.0 Å². The fourth-order valence-electron chi connectivity index (χ4n) is 5.70. The molecule has 2 heterocycles. The molecule has 2 saturated heterocycles. The van der Waals surface area contributed by atoms with Gasteiger partial charge < -0.3 is 14.4 Å². The molecule has 0 saturated carbocycles. The van der Waals surface area contributed by atoms with Gasteiger partial charge in [0.2, 0.25) is 0 Å². The Kier molecular flexibility index (Phi) is 5.65. The lowest BCUT2D eigenvalue weighted by molar-refractivity contribution is -0.185. The number of likely N-dealkylation sites (tertiary alicyclic amines) is 1. The first kappa shape index (κ1) is 20.2. The van der Waals surface area contributed by atoms with Crippen molar-refractivity contribution in [3.05, 3.63) is 70.5 Å². The summed E-state index contributed by atoms with van der Waals surface area (Å²) in [6.07, 6.45) is 4.91. The minimum atomic E-state index is -0.298. The second kappa shape index (κ2) is 8.41. The Morgan fingerprint density at radius 1 is 1.03 bits per heavy atom. The van der Waals surface area contributed by atoms with Crippen molar-refractivity contribution >= 4 is 0 Å². The Morgan fingerprint density at radius 3 is 2.60 bits per heavy atom. The Bertz CT molecular complexity index is 882. The van der Waals surface area contributed by atoms with E-state index in [0.29, 0.717) is 11.8 Å². The van der Waals surface area contributed by atoms with Crippen LogP contribution in [0.1, 0.15) is 54.4 Å². The summed E-state index contributed by atoms with van der Waals surface area (Å²) in [7, 11) is 0. The lowest BCUT2D eigenvalue weighted by Gasteiger charge is -2.38. The van der Waals surface area contributed by atoms with E-state index in [2.05, 4.69) is 36.1 Å². The molecular formula is C26H32FNO2. The van der Waals surface area contributed by atoms with Gasteiger partial charge in [0.25, 0.3) is 0 Å². The molecule has 3 nitrogen and oxygen atoms in total. The van der Waals surface area contributed by atoms with Gasteiger partial charge in [0.05, 0.1) is 13.2 Å².